The number of aromatic nitrogens is 1. The van der Waals surface area contributed by atoms with Crippen LogP contribution < -0.4 is 4.90 Å². The van der Waals surface area contributed by atoms with E-state index in [1.165, 1.54) is 10.3 Å². The van der Waals surface area contributed by atoms with E-state index in [4.69, 9.17) is 14.5 Å². The average molecular weight is 373 g/mol. The maximum Gasteiger partial charge on any atom is 0.229 e. The number of piperidine rings is 1. The van der Waals surface area contributed by atoms with Crippen molar-refractivity contribution < 1.29 is 14.3 Å². The van der Waals surface area contributed by atoms with E-state index in [1.54, 1.807) is 11.3 Å². The molecular weight excluding hydrogens is 350 g/mol. The molecule has 3 fully saturated rings. The van der Waals surface area contributed by atoms with E-state index in [2.05, 4.69) is 30.0 Å². The van der Waals surface area contributed by atoms with Crippen molar-refractivity contribution in [2.45, 2.75) is 25.6 Å². The van der Waals surface area contributed by atoms with Crippen LogP contribution in [-0.2, 0) is 14.3 Å². The summed E-state index contributed by atoms with van der Waals surface area (Å²) in [5.74, 6) is -0.0593. The highest BCUT2D eigenvalue weighted by atomic mass is 32.1. The first-order chi connectivity index (χ1) is 12.6. The number of thiazole rings is 1. The third-order valence-electron chi connectivity index (χ3n) is 5.68. The van der Waals surface area contributed by atoms with Gasteiger partial charge in [-0.15, -0.1) is 0 Å². The lowest BCUT2D eigenvalue weighted by Crippen LogP contribution is -2.57. The predicted molar refractivity (Wildman–Crippen MR) is 101 cm³/mol. The molecule has 4 heterocycles. The molecule has 138 valence electrons. The molecule has 6 nitrogen and oxygen atoms in total. The molecule has 1 amide bonds. The molecule has 0 atom stereocenters. The van der Waals surface area contributed by atoms with Crippen molar-refractivity contribution in [3.63, 3.8) is 0 Å². The predicted octanol–water partition coefficient (Wildman–Crippen LogP) is 2.41. The second-order valence-electron chi connectivity index (χ2n) is 7.50. The zero-order valence-electron chi connectivity index (χ0n) is 14.9. The van der Waals surface area contributed by atoms with Gasteiger partial charge in [0.05, 0.1) is 29.3 Å². The highest BCUT2D eigenvalue weighted by Crippen LogP contribution is 2.35. The Hall–Kier alpha value is -1.70. The van der Waals surface area contributed by atoms with Crippen LogP contribution in [0, 0.1) is 12.8 Å². The SMILES string of the molecule is Cc1ccc2nc(N3CC(C(=O)N4CCC5(CC4)OCCO5)C3)sc2c1. The first-order valence-electron chi connectivity index (χ1n) is 9.31. The van der Waals surface area contributed by atoms with Gasteiger partial charge in [0, 0.05) is 39.0 Å². The lowest BCUT2D eigenvalue weighted by Gasteiger charge is -2.43. The van der Waals surface area contributed by atoms with Crippen molar-refractivity contribution in [3.05, 3.63) is 23.8 Å². The molecule has 5 rings (SSSR count). The van der Waals surface area contributed by atoms with Crippen molar-refractivity contribution >= 4 is 32.6 Å². The molecule has 0 unspecified atom stereocenters. The van der Waals surface area contributed by atoms with Gasteiger partial charge < -0.3 is 19.3 Å². The van der Waals surface area contributed by atoms with E-state index in [9.17, 15) is 4.79 Å². The summed E-state index contributed by atoms with van der Waals surface area (Å²) in [6.45, 7) is 6.45. The molecular formula is C19H23N3O3S. The number of anilines is 1. The summed E-state index contributed by atoms with van der Waals surface area (Å²) in [6.07, 6.45) is 1.57. The van der Waals surface area contributed by atoms with Gasteiger partial charge in [-0.3, -0.25) is 4.79 Å². The first-order valence-corrected chi connectivity index (χ1v) is 10.1. The molecule has 1 aromatic heterocycles. The van der Waals surface area contributed by atoms with Crippen molar-refractivity contribution in [2.75, 3.05) is 44.3 Å². The van der Waals surface area contributed by atoms with Gasteiger partial charge in [-0.25, -0.2) is 4.98 Å². The number of fused-ring (bicyclic) bond motifs is 1. The minimum absolute atomic E-state index is 0.0863. The Morgan fingerprint density at radius 1 is 1.23 bits per heavy atom. The maximum absolute atomic E-state index is 12.8. The van der Waals surface area contributed by atoms with E-state index in [0.717, 1.165) is 49.7 Å². The van der Waals surface area contributed by atoms with Crippen LogP contribution in [0.4, 0.5) is 5.13 Å². The second kappa shape index (κ2) is 6.18. The summed E-state index contributed by atoms with van der Waals surface area (Å²) in [6, 6.07) is 6.34. The number of carbonyl (C=O) groups excluding carboxylic acids is 1. The highest BCUT2D eigenvalue weighted by molar-refractivity contribution is 7.22. The van der Waals surface area contributed by atoms with Crippen LogP contribution in [0.5, 0.6) is 0 Å². The Bertz CT molecular complexity index is 830. The number of carbonyl (C=O) groups is 1. The van der Waals surface area contributed by atoms with Crippen LogP contribution >= 0.6 is 11.3 Å². The lowest BCUT2D eigenvalue weighted by atomic mass is 9.96. The van der Waals surface area contributed by atoms with Crippen molar-refractivity contribution in [1.82, 2.24) is 9.88 Å². The second-order valence-corrected chi connectivity index (χ2v) is 8.51. The number of rotatable bonds is 2. The first kappa shape index (κ1) is 16.5. The number of hydrogen-bond donors (Lipinski definition) is 0. The summed E-state index contributed by atoms with van der Waals surface area (Å²) in [7, 11) is 0. The van der Waals surface area contributed by atoms with E-state index < -0.39 is 5.79 Å². The fourth-order valence-corrected chi connectivity index (χ4v) is 5.14. The Morgan fingerprint density at radius 3 is 2.69 bits per heavy atom. The quantitative estimate of drug-likeness (QED) is 0.809. The molecule has 26 heavy (non-hydrogen) atoms. The smallest absolute Gasteiger partial charge is 0.229 e. The fraction of sp³-hybridized carbons (Fsp3) is 0.579. The molecule has 3 saturated heterocycles. The normalized spacial score (nSPS) is 23.0. The van der Waals surface area contributed by atoms with Crippen LogP contribution in [0.15, 0.2) is 18.2 Å². The standard InChI is InChI=1S/C19H23N3O3S/c1-13-2-3-15-16(10-13)26-18(20-15)22-11-14(12-22)17(23)21-6-4-19(5-7-21)24-8-9-25-19/h2-3,10,14H,4-9,11-12H2,1H3. The zero-order valence-corrected chi connectivity index (χ0v) is 15.8. The molecule has 3 aliphatic heterocycles. The van der Waals surface area contributed by atoms with Crippen LogP contribution in [0.25, 0.3) is 10.2 Å². The Morgan fingerprint density at radius 2 is 1.96 bits per heavy atom. The summed E-state index contributed by atoms with van der Waals surface area (Å²) in [4.78, 5) is 21.7. The maximum atomic E-state index is 12.8. The summed E-state index contributed by atoms with van der Waals surface area (Å²) >= 11 is 1.71. The lowest BCUT2D eigenvalue weighted by molar-refractivity contribution is -0.188. The number of ether oxygens (including phenoxy) is 2. The van der Waals surface area contributed by atoms with Gasteiger partial charge in [0.15, 0.2) is 10.9 Å². The topological polar surface area (TPSA) is 54.9 Å². The van der Waals surface area contributed by atoms with E-state index in [1.807, 2.05) is 4.90 Å². The Kier molecular flexibility index (Phi) is 3.92. The van der Waals surface area contributed by atoms with Crippen LogP contribution in [-0.4, -0.2) is 61.0 Å². The van der Waals surface area contributed by atoms with Gasteiger partial charge in [0.25, 0.3) is 0 Å². The van der Waals surface area contributed by atoms with Crippen molar-refractivity contribution in [3.8, 4) is 0 Å². The third-order valence-corrected chi connectivity index (χ3v) is 6.76. The van der Waals surface area contributed by atoms with Gasteiger partial charge in [0.2, 0.25) is 5.91 Å². The Balaban J connectivity index is 1.19. The molecule has 0 N–H and O–H groups in total. The van der Waals surface area contributed by atoms with Crippen molar-refractivity contribution in [1.29, 1.82) is 0 Å². The van der Waals surface area contributed by atoms with E-state index in [0.29, 0.717) is 13.2 Å². The monoisotopic (exact) mass is 373 g/mol. The summed E-state index contributed by atoms with van der Waals surface area (Å²) in [5.41, 5.74) is 2.30. The minimum atomic E-state index is -0.415. The molecule has 1 aromatic carbocycles. The molecule has 7 heteroatoms. The van der Waals surface area contributed by atoms with E-state index >= 15 is 0 Å². The highest BCUT2D eigenvalue weighted by Gasteiger charge is 2.43. The van der Waals surface area contributed by atoms with E-state index in [-0.39, 0.29) is 11.8 Å². The number of benzene rings is 1. The fourth-order valence-electron chi connectivity index (χ4n) is 4.06. The van der Waals surface area contributed by atoms with Gasteiger partial charge in [0.1, 0.15) is 0 Å². The van der Waals surface area contributed by atoms with Gasteiger partial charge in [-0.1, -0.05) is 17.4 Å². The number of nitrogens with zero attached hydrogens (tertiary/aromatic N) is 3. The number of likely N-dealkylation sites (tertiary alicyclic amines) is 1. The molecule has 3 aliphatic rings. The van der Waals surface area contributed by atoms with Gasteiger partial charge in [-0.2, -0.15) is 0 Å². The summed E-state index contributed by atoms with van der Waals surface area (Å²) in [5, 5.41) is 1.03. The average Bonchev–Trinajstić information content (AvgIpc) is 3.21. The molecule has 2 aromatic rings. The van der Waals surface area contributed by atoms with Crippen LogP contribution in [0.3, 0.4) is 0 Å². The summed E-state index contributed by atoms with van der Waals surface area (Å²) < 4.78 is 12.7. The number of hydrogen-bond acceptors (Lipinski definition) is 6. The molecule has 1 spiro atoms. The molecule has 0 bridgehead atoms. The molecule has 0 radical (unpaired) electrons. The number of aryl methyl sites for hydroxylation is 1. The molecule has 0 aliphatic carbocycles. The Labute approximate surface area is 156 Å². The number of amides is 1. The minimum Gasteiger partial charge on any atom is -0.347 e. The van der Waals surface area contributed by atoms with Crippen LogP contribution in [0.2, 0.25) is 0 Å². The van der Waals surface area contributed by atoms with Crippen LogP contribution in [0.1, 0.15) is 18.4 Å². The van der Waals surface area contributed by atoms with Gasteiger partial charge in [-0.05, 0) is 24.6 Å². The molecule has 0 saturated carbocycles. The third kappa shape index (κ3) is 2.78. The zero-order chi connectivity index (χ0) is 17.7. The van der Waals surface area contributed by atoms with Crippen molar-refractivity contribution in [2.24, 2.45) is 5.92 Å². The van der Waals surface area contributed by atoms with Gasteiger partial charge >= 0.3 is 0 Å². The largest absolute Gasteiger partial charge is 0.347 e.